The van der Waals surface area contributed by atoms with Crippen LogP contribution in [0, 0.1) is 17.1 Å². The van der Waals surface area contributed by atoms with E-state index in [1.54, 1.807) is 0 Å². The first-order valence-corrected chi connectivity index (χ1v) is 5.64. The number of rotatable bonds is 2. The Kier molecular flexibility index (Phi) is 3.66. The average Bonchev–Trinajstić information content (AvgIpc) is 2.35. The summed E-state index contributed by atoms with van der Waals surface area (Å²) >= 11 is 11.8. The molecule has 90 valence electrons. The second-order valence-electron chi connectivity index (χ2n) is 3.38. The molecule has 0 amide bonds. The highest BCUT2D eigenvalue weighted by Crippen LogP contribution is 2.30. The number of hydrogen-bond donors (Lipinski definition) is 1. The monoisotopic (exact) mass is 281 g/mol. The summed E-state index contributed by atoms with van der Waals surface area (Å²) in [4.78, 5) is 4.00. The first-order chi connectivity index (χ1) is 8.61. The second kappa shape index (κ2) is 5.21. The second-order valence-corrected chi connectivity index (χ2v) is 4.17. The maximum atomic E-state index is 12.9. The van der Waals surface area contributed by atoms with Gasteiger partial charge < -0.3 is 5.32 Å². The van der Waals surface area contributed by atoms with Crippen molar-refractivity contribution in [3.05, 3.63) is 51.9 Å². The largest absolute Gasteiger partial charge is 0.338 e. The van der Waals surface area contributed by atoms with Crippen LogP contribution in [0.15, 0.2) is 30.5 Å². The number of hydrogen-bond acceptors (Lipinski definition) is 3. The van der Waals surface area contributed by atoms with Gasteiger partial charge in [-0.15, -0.1) is 0 Å². The van der Waals surface area contributed by atoms with E-state index in [9.17, 15) is 4.39 Å². The molecular weight excluding hydrogens is 276 g/mol. The van der Waals surface area contributed by atoms with Crippen LogP contribution in [0.25, 0.3) is 0 Å². The lowest BCUT2D eigenvalue weighted by Crippen LogP contribution is -1.96. The maximum Gasteiger partial charge on any atom is 0.150 e. The molecule has 0 spiro atoms. The van der Waals surface area contributed by atoms with Gasteiger partial charge in [-0.1, -0.05) is 23.2 Å². The summed E-state index contributed by atoms with van der Waals surface area (Å²) in [6.07, 6.45) is 1.45. The summed E-state index contributed by atoms with van der Waals surface area (Å²) in [7, 11) is 0. The Balaban J connectivity index is 2.38. The van der Waals surface area contributed by atoms with Crippen molar-refractivity contribution >= 4 is 34.7 Å². The van der Waals surface area contributed by atoms with Crippen LogP contribution in [0.1, 0.15) is 5.56 Å². The molecule has 0 fully saturated rings. The van der Waals surface area contributed by atoms with E-state index in [0.717, 1.165) is 0 Å². The number of nitriles is 1. The molecule has 1 aromatic carbocycles. The lowest BCUT2D eigenvalue weighted by molar-refractivity contribution is 0.628. The van der Waals surface area contributed by atoms with Gasteiger partial charge in [-0.05, 0) is 24.3 Å². The number of halogens is 3. The van der Waals surface area contributed by atoms with Crippen LogP contribution in [-0.4, -0.2) is 4.98 Å². The van der Waals surface area contributed by atoms with E-state index < -0.39 is 5.82 Å². The molecule has 3 nitrogen and oxygen atoms in total. The Hall–Kier alpha value is -1.83. The van der Waals surface area contributed by atoms with Gasteiger partial charge in [0.05, 0.1) is 16.3 Å². The lowest BCUT2D eigenvalue weighted by atomic mass is 10.2. The molecule has 0 bridgehead atoms. The Bertz CT molecular complexity index is 638. The summed E-state index contributed by atoms with van der Waals surface area (Å²) in [6.45, 7) is 0. The first kappa shape index (κ1) is 12.6. The minimum absolute atomic E-state index is 0.195. The minimum atomic E-state index is -0.435. The van der Waals surface area contributed by atoms with E-state index >= 15 is 0 Å². The van der Waals surface area contributed by atoms with Gasteiger partial charge in [0.25, 0.3) is 0 Å². The van der Waals surface area contributed by atoms with Gasteiger partial charge in [-0.3, -0.25) is 0 Å². The van der Waals surface area contributed by atoms with E-state index in [-0.39, 0.29) is 10.0 Å². The molecule has 2 aromatic rings. The van der Waals surface area contributed by atoms with Crippen LogP contribution in [0.5, 0.6) is 0 Å². The zero-order valence-corrected chi connectivity index (χ0v) is 10.4. The first-order valence-electron chi connectivity index (χ1n) is 4.88. The SMILES string of the molecule is N#Cc1ccnc(Nc2ccc(F)cc2Cl)c1Cl. The van der Waals surface area contributed by atoms with Crippen molar-refractivity contribution in [2.45, 2.75) is 0 Å². The Morgan fingerprint density at radius 2 is 2.06 bits per heavy atom. The molecule has 0 saturated heterocycles. The molecule has 0 aliphatic rings. The Labute approximate surface area is 113 Å². The average molecular weight is 282 g/mol. The van der Waals surface area contributed by atoms with Crippen LogP contribution in [0.2, 0.25) is 10.0 Å². The lowest BCUT2D eigenvalue weighted by Gasteiger charge is -2.09. The van der Waals surface area contributed by atoms with Crippen LogP contribution >= 0.6 is 23.2 Å². The molecule has 0 unspecified atom stereocenters. The van der Waals surface area contributed by atoms with Gasteiger partial charge >= 0.3 is 0 Å². The molecular formula is C12H6Cl2FN3. The van der Waals surface area contributed by atoms with Gasteiger partial charge in [-0.2, -0.15) is 5.26 Å². The van der Waals surface area contributed by atoms with E-state index in [2.05, 4.69) is 10.3 Å². The van der Waals surface area contributed by atoms with E-state index in [4.69, 9.17) is 28.5 Å². The normalized spacial score (nSPS) is 9.89. The molecule has 0 aliphatic carbocycles. The van der Waals surface area contributed by atoms with E-state index in [1.165, 1.54) is 30.5 Å². The number of pyridine rings is 1. The molecule has 1 aromatic heterocycles. The molecule has 0 saturated carbocycles. The van der Waals surface area contributed by atoms with Gasteiger partial charge in [0, 0.05) is 6.20 Å². The van der Waals surface area contributed by atoms with Crippen LogP contribution in [0.4, 0.5) is 15.9 Å². The third-order valence-electron chi connectivity index (χ3n) is 2.19. The van der Waals surface area contributed by atoms with Crippen molar-refractivity contribution in [1.29, 1.82) is 5.26 Å². The summed E-state index contributed by atoms with van der Waals surface area (Å²) in [5, 5.41) is 12.1. The van der Waals surface area contributed by atoms with Crippen molar-refractivity contribution in [1.82, 2.24) is 4.98 Å². The molecule has 0 aliphatic heterocycles. The third-order valence-corrected chi connectivity index (χ3v) is 2.89. The van der Waals surface area contributed by atoms with Gasteiger partial charge in [0.2, 0.25) is 0 Å². The highest BCUT2D eigenvalue weighted by Gasteiger charge is 2.09. The molecule has 6 heteroatoms. The van der Waals surface area contributed by atoms with Crippen molar-refractivity contribution in [3.63, 3.8) is 0 Å². The van der Waals surface area contributed by atoms with Crippen LogP contribution < -0.4 is 5.32 Å². The zero-order valence-electron chi connectivity index (χ0n) is 8.92. The number of aromatic nitrogens is 1. The third kappa shape index (κ3) is 2.53. The van der Waals surface area contributed by atoms with E-state index in [1.807, 2.05) is 6.07 Å². The maximum absolute atomic E-state index is 12.9. The number of nitrogens with zero attached hydrogens (tertiary/aromatic N) is 2. The number of nitrogens with one attached hydrogen (secondary N) is 1. The Morgan fingerprint density at radius 1 is 1.28 bits per heavy atom. The highest BCUT2D eigenvalue weighted by atomic mass is 35.5. The van der Waals surface area contributed by atoms with Gasteiger partial charge in [-0.25, -0.2) is 9.37 Å². The van der Waals surface area contributed by atoms with Gasteiger partial charge in [0.1, 0.15) is 16.9 Å². The molecule has 1 N–H and O–H groups in total. The van der Waals surface area contributed by atoms with Crippen molar-refractivity contribution in [2.24, 2.45) is 0 Å². The zero-order chi connectivity index (χ0) is 13.1. The fourth-order valence-corrected chi connectivity index (χ4v) is 1.75. The molecule has 1 heterocycles. The molecule has 2 rings (SSSR count). The van der Waals surface area contributed by atoms with Crippen molar-refractivity contribution in [3.8, 4) is 6.07 Å². The fraction of sp³-hybridized carbons (Fsp3) is 0. The summed E-state index contributed by atoms with van der Waals surface area (Å²) in [6, 6.07) is 7.34. The summed E-state index contributed by atoms with van der Waals surface area (Å²) in [5.41, 5.74) is 0.759. The minimum Gasteiger partial charge on any atom is -0.338 e. The van der Waals surface area contributed by atoms with Crippen molar-refractivity contribution in [2.75, 3.05) is 5.32 Å². The topological polar surface area (TPSA) is 48.7 Å². The Morgan fingerprint density at radius 3 is 2.72 bits per heavy atom. The van der Waals surface area contributed by atoms with Crippen molar-refractivity contribution < 1.29 is 4.39 Å². The van der Waals surface area contributed by atoms with E-state index in [0.29, 0.717) is 17.1 Å². The summed E-state index contributed by atoms with van der Waals surface area (Å²) in [5.74, 6) is -0.139. The predicted molar refractivity (Wildman–Crippen MR) is 68.7 cm³/mol. The highest BCUT2D eigenvalue weighted by molar-refractivity contribution is 6.35. The predicted octanol–water partition coefficient (Wildman–Crippen LogP) is 4.14. The smallest absolute Gasteiger partial charge is 0.150 e. The van der Waals surface area contributed by atoms with Crippen LogP contribution in [-0.2, 0) is 0 Å². The van der Waals surface area contributed by atoms with Crippen LogP contribution in [0.3, 0.4) is 0 Å². The quantitative estimate of drug-likeness (QED) is 0.900. The van der Waals surface area contributed by atoms with Gasteiger partial charge in [0.15, 0.2) is 5.82 Å². The number of anilines is 2. The molecule has 18 heavy (non-hydrogen) atoms. The summed E-state index contributed by atoms with van der Waals surface area (Å²) < 4.78 is 12.9. The number of benzene rings is 1. The standard InChI is InChI=1S/C12H6Cl2FN3/c13-9-5-8(15)1-2-10(9)18-12-11(14)7(6-16)3-4-17-12/h1-5H,(H,17,18). The fourth-order valence-electron chi connectivity index (χ4n) is 1.34. The molecule has 0 radical (unpaired) electrons. The molecule has 0 atom stereocenters.